The number of hydrogen-bond acceptors (Lipinski definition) is 26. The molecule has 5 aliphatic heterocycles. The molecule has 15 N–H and O–H groups in total. The number of fused-ring (bicyclic) bond motifs is 7. The second-order valence-corrected chi connectivity index (χ2v) is 28.5. The third-order valence-electron chi connectivity index (χ3n) is 23.2. The molecule has 85 heavy (non-hydrogen) atoms. The Morgan fingerprint density at radius 2 is 1.14 bits per heavy atom. The van der Waals surface area contributed by atoms with Gasteiger partial charge in [-0.2, -0.15) is 0 Å². The molecule has 26 heteroatoms. The van der Waals surface area contributed by atoms with Crippen LogP contribution >= 0.6 is 0 Å². The van der Waals surface area contributed by atoms with Crippen molar-refractivity contribution in [1.82, 2.24) is 0 Å². The number of aliphatic hydroxyl groups is 15. The van der Waals surface area contributed by atoms with Gasteiger partial charge in [0.2, 0.25) is 6.29 Å². The molecule has 0 radical (unpaired) electrons. The van der Waals surface area contributed by atoms with Crippen LogP contribution in [0.3, 0.4) is 0 Å². The van der Waals surface area contributed by atoms with Crippen molar-refractivity contribution in [1.29, 1.82) is 0 Å². The first kappa shape index (κ1) is 66.2. The van der Waals surface area contributed by atoms with Gasteiger partial charge in [-0.05, 0) is 117 Å². The van der Waals surface area contributed by atoms with Crippen LogP contribution in [0.4, 0.5) is 0 Å². The zero-order valence-corrected chi connectivity index (χ0v) is 49.8. The highest BCUT2D eigenvalue weighted by atomic mass is 16.8. The molecule has 10 aliphatic rings. The van der Waals surface area contributed by atoms with E-state index in [0.717, 1.165) is 12.8 Å². The van der Waals surface area contributed by atoms with E-state index in [1.54, 1.807) is 0 Å². The van der Waals surface area contributed by atoms with Gasteiger partial charge < -0.3 is 124 Å². The monoisotopic (exact) mass is 1220 g/mol. The Labute approximate surface area is 494 Å². The summed E-state index contributed by atoms with van der Waals surface area (Å²) in [6, 6.07) is 0. The fourth-order valence-electron chi connectivity index (χ4n) is 17.5. The van der Waals surface area contributed by atoms with E-state index in [0.29, 0.717) is 51.4 Å². The molecule has 26 nitrogen and oxygen atoms in total. The minimum absolute atomic E-state index is 0.0670. The van der Waals surface area contributed by atoms with Crippen molar-refractivity contribution in [2.24, 2.45) is 50.2 Å². The summed E-state index contributed by atoms with van der Waals surface area (Å²) in [7, 11) is 0. The largest absolute Gasteiger partial charge is 0.432 e. The highest BCUT2D eigenvalue weighted by molar-refractivity contribution is 5.79. The normalized spacial score (nSPS) is 55.3. The molecule has 5 heterocycles. The first-order valence-electron chi connectivity index (χ1n) is 30.6. The van der Waals surface area contributed by atoms with E-state index >= 15 is 4.79 Å². The number of carbonyl (C=O) groups excluding carboxylic acids is 1. The van der Waals surface area contributed by atoms with Crippen LogP contribution < -0.4 is 0 Å². The molecule has 5 aliphatic carbocycles. The molecular weight excluding hydrogens is 1120 g/mol. The summed E-state index contributed by atoms with van der Waals surface area (Å²) in [5.41, 5.74) is -1.93. The van der Waals surface area contributed by atoms with Crippen LogP contribution in [-0.2, 0) is 52.2 Å². The van der Waals surface area contributed by atoms with Crippen LogP contribution in [0.2, 0.25) is 0 Å². The van der Waals surface area contributed by atoms with Gasteiger partial charge in [0.15, 0.2) is 25.2 Å². The predicted octanol–water partition coefficient (Wildman–Crippen LogP) is -2.54. The zero-order chi connectivity index (χ0) is 62.0. The van der Waals surface area contributed by atoms with Crippen molar-refractivity contribution in [3.8, 4) is 0 Å². The molecular formula is C59H96O26. The summed E-state index contributed by atoms with van der Waals surface area (Å²) in [5.74, 6) is -0.861. The number of rotatable bonds is 13. The quantitative estimate of drug-likeness (QED) is 0.0513. The standard InChI is InChI=1S/C59H96O26/c1-24-34(63)38(67)42(71)49(78-24)83-46-29(20-60)80-48(45(74)41(46)70)77-22-30-37(66)40(69)44(73)51(81-30)85-53(75)59-17-15-54(3,4)19-27(59)26-9-10-32-55(5)13-12-33(56(6,23-61)31(55)11-14-58(32,8)57(26,7)16-18-59)82-52-47(36(65)28(62)21-76-52)84-50-43(72)39(68)35(64)25(2)79-50/h9,24-25,27-52,60-74H,10-23H2,1-8H3/t24-,25-,27?,28-,29+,30+,31+,32?,33?,34-,35-,36-,37+,38+,39+,40-,41+,42+,43+,44+,45+,46+,47+,48+,49-,50-,51-,52-,55?,56-,57+,58?,59?/m0/s1. The van der Waals surface area contributed by atoms with E-state index in [-0.39, 0.29) is 47.2 Å². The smallest absolute Gasteiger partial charge is 0.315 e. The Balaban J connectivity index is 0.833. The average Bonchev–Trinajstić information content (AvgIpc) is 0.692. The summed E-state index contributed by atoms with van der Waals surface area (Å²) >= 11 is 0. The van der Waals surface area contributed by atoms with E-state index in [9.17, 15) is 76.6 Å². The maximum atomic E-state index is 15.2. The second kappa shape index (κ2) is 24.4. The maximum absolute atomic E-state index is 15.2. The first-order valence-corrected chi connectivity index (χ1v) is 30.6. The van der Waals surface area contributed by atoms with E-state index in [1.165, 1.54) is 19.4 Å². The van der Waals surface area contributed by atoms with Gasteiger partial charge in [-0.3, -0.25) is 4.79 Å². The second-order valence-electron chi connectivity index (χ2n) is 28.5. The van der Waals surface area contributed by atoms with E-state index in [4.69, 9.17) is 47.4 Å². The summed E-state index contributed by atoms with van der Waals surface area (Å²) in [6.45, 7) is 14.3. The Bertz CT molecular complexity index is 2370. The lowest BCUT2D eigenvalue weighted by atomic mass is 9.33. The molecule has 0 aromatic heterocycles. The van der Waals surface area contributed by atoms with Crippen molar-refractivity contribution < 1.29 is 129 Å². The molecule has 0 aromatic rings. The van der Waals surface area contributed by atoms with Crippen LogP contribution in [0.1, 0.15) is 120 Å². The topological polar surface area (TPSA) is 413 Å². The number of aliphatic hydroxyl groups excluding tert-OH is 15. The minimum Gasteiger partial charge on any atom is -0.432 e. The molecule has 0 amide bonds. The average molecular weight is 1220 g/mol. The third-order valence-corrected chi connectivity index (χ3v) is 23.2. The maximum Gasteiger partial charge on any atom is 0.315 e. The van der Waals surface area contributed by atoms with Crippen molar-refractivity contribution in [2.45, 2.75) is 273 Å². The van der Waals surface area contributed by atoms with Crippen molar-refractivity contribution in [3.05, 3.63) is 11.6 Å². The van der Waals surface area contributed by atoms with Gasteiger partial charge in [0.05, 0.1) is 50.2 Å². The van der Waals surface area contributed by atoms with Gasteiger partial charge in [0.1, 0.15) is 104 Å². The van der Waals surface area contributed by atoms with Crippen molar-refractivity contribution in [2.75, 3.05) is 26.4 Å². The van der Waals surface area contributed by atoms with Gasteiger partial charge in [0.25, 0.3) is 0 Å². The molecule has 5 saturated heterocycles. The van der Waals surface area contributed by atoms with Crippen molar-refractivity contribution in [3.63, 3.8) is 0 Å². The van der Waals surface area contributed by atoms with Crippen LogP contribution in [0, 0.1) is 50.2 Å². The number of allylic oxidation sites excluding steroid dienone is 2. The highest BCUT2D eigenvalue weighted by Gasteiger charge is 2.71. The molecule has 10 rings (SSSR count). The Kier molecular flexibility index (Phi) is 19.0. The minimum atomic E-state index is -1.90. The number of ether oxygens (including phenoxy) is 10. The van der Waals surface area contributed by atoms with Gasteiger partial charge in [-0.15, -0.1) is 0 Å². The molecule has 0 aromatic carbocycles. The zero-order valence-electron chi connectivity index (χ0n) is 49.8. The fourth-order valence-corrected chi connectivity index (χ4v) is 17.5. The first-order chi connectivity index (χ1) is 39.8. The Morgan fingerprint density at radius 1 is 0.565 bits per heavy atom. The summed E-state index contributed by atoms with van der Waals surface area (Å²) in [5, 5.41) is 163. The molecule has 4 saturated carbocycles. The van der Waals surface area contributed by atoms with Crippen LogP contribution in [0.5, 0.6) is 0 Å². The fraction of sp³-hybridized carbons (Fsp3) is 0.949. The number of esters is 1. The van der Waals surface area contributed by atoms with Gasteiger partial charge in [-0.1, -0.05) is 53.2 Å². The summed E-state index contributed by atoms with van der Waals surface area (Å²) in [4.78, 5) is 15.2. The number of hydrogen-bond donors (Lipinski definition) is 15. The Hall–Kier alpha value is -1.75. The molecule has 9 fully saturated rings. The van der Waals surface area contributed by atoms with E-state index in [2.05, 4.69) is 40.7 Å². The predicted molar refractivity (Wildman–Crippen MR) is 288 cm³/mol. The van der Waals surface area contributed by atoms with Crippen LogP contribution in [0.25, 0.3) is 0 Å². The number of carbonyl (C=O) groups is 1. The molecule has 0 spiro atoms. The highest BCUT2D eigenvalue weighted by Crippen LogP contribution is 2.76. The van der Waals surface area contributed by atoms with Crippen LogP contribution in [-0.4, -0.2) is 263 Å². The Morgan fingerprint density at radius 3 is 1.76 bits per heavy atom. The lowest BCUT2D eigenvalue weighted by Crippen LogP contribution is -2.67. The molecule has 6 unspecified atom stereocenters. The van der Waals surface area contributed by atoms with Gasteiger partial charge >= 0.3 is 5.97 Å². The van der Waals surface area contributed by atoms with Gasteiger partial charge in [0, 0.05) is 5.41 Å². The summed E-state index contributed by atoms with van der Waals surface area (Å²) in [6.07, 6.45) is -29.6. The lowest BCUT2D eigenvalue weighted by Gasteiger charge is -2.71. The van der Waals surface area contributed by atoms with E-state index < -0.39 is 189 Å². The lowest BCUT2D eigenvalue weighted by molar-refractivity contribution is -0.365. The van der Waals surface area contributed by atoms with Gasteiger partial charge in [-0.25, -0.2) is 0 Å². The van der Waals surface area contributed by atoms with Crippen LogP contribution in [0.15, 0.2) is 11.6 Å². The van der Waals surface area contributed by atoms with E-state index in [1.807, 2.05) is 6.92 Å². The third kappa shape index (κ3) is 11.1. The molecule has 0 bridgehead atoms. The summed E-state index contributed by atoms with van der Waals surface area (Å²) < 4.78 is 59.4. The van der Waals surface area contributed by atoms with Crippen molar-refractivity contribution >= 4 is 5.97 Å². The molecule has 33 atom stereocenters. The molecule has 488 valence electrons. The SMILES string of the molecule is C[C@@H]1O[C@@H](O[C@H]2[C@H](OC3CCC4(C)C5CC=C6C7CC(C)(C)CCC7(C(=O)O[C@@H]7O[C@H](CO[C@@H]8O[C@H](CO)[C@@H](O[C@@H]9O[C@@H](C)[C@H](O)[C@@H](O)[C@H]9O)[C@H](O)[C@H]8O)[C@@H](O)[C@H](O)[C@H]7O)CC[C@@]6(C)C5(C)CC[C@H]4[C@]3(C)CO)OC[C@H](O)[C@@H]2O)[C@H](O)[C@H](O)[C@H]1O.